The molecule has 0 spiro atoms. The third kappa shape index (κ3) is 5.41. The Morgan fingerprint density at radius 2 is 1.66 bits per heavy atom. The van der Waals surface area contributed by atoms with Crippen molar-refractivity contribution in [1.29, 1.82) is 0 Å². The molecule has 1 saturated heterocycles. The van der Waals surface area contributed by atoms with Crippen molar-refractivity contribution in [2.75, 3.05) is 31.1 Å². The summed E-state index contributed by atoms with van der Waals surface area (Å²) in [5.41, 5.74) is 3.95. The van der Waals surface area contributed by atoms with Crippen LogP contribution in [-0.2, 0) is 4.79 Å². The number of nitrogens with zero attached hydrogens (tertiary/aromatic N) is 3. The Morgan fingerprint density at radius 3 is 2.22 bits per heavy atom. The first-order valence-corrected chi connectivity index (χ1v) is 10.8. The van der Waals surface area contributed by atoms with E-state index in [0.29, 0.717) is 23.6 Å². The number of hydrogen-bond acceptors (Lipinski definition) is 4. The van der Waals surface area contributed by atoms with Crippen LogP contribution in [0.25, 0.3) is 0 Å². The first-order chi connectivity index (χ1) is 15.0. The molecule has 0 saturated carbocycles. The SMILES string of the molecule is Cc1cc(C)c(Oc2nc(C)cc(N(CCN3CCCC3)C(=O)C(F)(F)F)c2C)c(C)c1. The van der Waals surface area contributed by atoms with Gasteiger partial charge in [0.15, 0.2) is 0 Å². The molecule has 0 N–H and O–H groups in total. The maximum Gasteiger partial charge on any atom is 0.471 e. The number of alkyl halides is 3. The second kappa shape index (κ2) is 9.48. The summed E-state index contributed by atoms with van der Waals surface area (Å²) < 4.78 is 46.5. The van der Waals surface area contributed by atoms with Crippen molar-refractivity contribution in [3.63, 3.8) is 0 Å². The van der Waals surface area contributed by atoms with E-state index < -0.39 is 12.1 Å². The van der Waals surface area contributed by atoms with Crippen LogP contribution in [0.5, 0.6) is 11.6 Å². The van der Waals surface area contributed by atoms with E-state index in [0.717, 1.165) is 47.5 Å². The molecule has 0 unspecified atom stereocenters. The lowest BCUT2D eigenvalue weighted by atomic mass is 10.1. The highest BCUT2D eigenvalue weighted by molar-refractivity contribution is 5.98. The van der Waals surface area contributed by atoms with Crippen LogP contribution in [0.15, 0.2) is 18.2 Å². The number of carbonyl (C=O) groups excluding carboxylic acids is 1. The number of hydrogen-bond donors (Lipinski definition) is 0. The Balaban J connectivity index is 1.99. The lowest BCUT2D eigenvalue weighted by molar-refractivity contribution is -0.170. The van der Waals surface area contributed by atoms with Crippen LogP contribution in [-0.4, -0.2) is 48.1 Å². The van der Waals surface area contributed by atoms with Crippen molar-refractivity contribution in [1.82, 2.24) is 9.88 Å². The van der Waals surface area contributed by atoms with Crippen molar-refractivity contribution in [2.45, 2.75) is 53.6 Å². The molecule has 1 aromatic heterocycles. The van der Waals surface area contributed by atoms with Crippen LogP contribution < -0.4 is 9.64 Å². The van der Waals surface area contributed by atoms with Gasteiger partial charge in [-0.3, -0.25) is 4.79 Å². The zero-order valence-electron chi connectivity index (χ0n) is 19.3. The molecule has 0 aliphatic carbocycles. The van der Waals surface area contributed by atoms with Crippen molar-refractivity contribution in [3.8, 4) is 11.6 Å². The molecule has 2 heterocycles. The van der Waals surface area contributed by atoms with Gasteiger partial charge in [-0.15, -0.1) is 0 Å². The topological polar surface area (TPSA) is 45.7 Å². The summed E-state index contributed by atoms with van der Waals surface area (Å²) in [7, 11) is 0. The van der Waals surface area contributed by atoms with Crippen molar-refractivity contribution in [2.24, 2.45) is 0 Å². The number of ether oxygens (including phenoxy) is 1. The highest BCUT2D eigenvalue weighted by atomic mass is 19.4. The zero-order valence-corrected chi connectivity index (χ0v) is 19.3. The van der Waals surface area contributed by atoms with Gasteiger partial charge in [-0.25, -0.2) is 4.98 Å². The summed E-state index contributed by atoms with van der Waals surface area (Å²) >= 11 is 0. The standard InChI is InChI=1S/C24H30F3N3O2/c1-15-12-16(2)21(17(3)13-15)32-22-19(5)20(14-18(4)28-22)30(23(31)24(25,26)27)11-10-29-8-6-7-9-29/h12-14H,6-11H2,1-5H3. The van der Waals surface area contributed by atoms with Crippen LogP contribution in [0, 0.1) is 34.6 Å². The van der Waals surface area contributed by atoms with E-state index in [1.165, 1.54) is 6.07 Å². The second-order valence-corrected chi connectivity index (χ2v) is 8.55. The number of carbonyl (C=O) groups is 1. The van der Waals surface area contributed by atoms with Gasteiger partial charge < -0.3 is 14.5 Å². The highest BCUT2D eigenvalue weighted by Gasteiger charge is 2.43. The molecule has 0 bridgehead atoms. The van der Waals surface area contributed by atoms with Crippen LogP contribution in [0.1, 0.15) is 40.8 Å². The summed E-state index contributed by atoms with van der Waals surface area (Å²) in [5, 5.41) is 0. The lowest BCUT2D eigenvalue weighted by Crippen LogP contribution is -2.45. The minimum absolute atomic E-state index is 0.0509. The molecule has 8 heteroatoms. The van der Waals surface area contributed by atoms with Crippen LogP contribution in [0.4, 0.5) is 18.9 Å². The van der Waals surface area contributed by atoms with Gasteiger partial charge in [0.1, 0.15) is 5.75 Å². The van der Waals surface area contributed by atoms with Crippen molar-refractivity contribution >= 4 is 11.6 Å². The predicted octanol–water partition coefficient (Wildman–Crippen LogP) is 5.41. The van der Waals surface area contributed by atoms with Gasteiger partial charge in [-0.2, -0.15) is 13.2 Å². The molecule has 3 rings (SSSR count). The lowest BCUT2D eigenvalue weighted by Gasteiger charge is -2.28. The van der Waals surface area contributed by atoms with E-state index in [4.69, 9.17) is 4.74 Å². The van der Waals surface area contributed by atoms with E-state index >= 15 is 0 Å². The number of aromatic nitrogens is 1. The number of anilines is 1. The van der Waals surface area contributed by atoms with E-state index in [9.17, 15) is 18.0 Å². The van der Waals surface area contributed by atoms with Gasteiger partial charge >= 0.3 is 12.1 Å². The number of rotatable bonds is 6. The fourth-order valence-electron chi connectivity index (χ4n) is 4.23. The van der Waals surface area contributed by atoms with Crippen LogP contribution >= 0.6 is 0 Å². The molecule has 1 aliphatic rings. The largest absolute Gasteiger partial charge is 0.471 e. The number of likely N-dealkylation sites (tertiary alicyclic amines) is 1. The minimum atomic E-state index is -4.97. The van der Waals surface area contributed by atoms with Gasteiger partial charge in [-0.1, -0.05) is 17.7 Å². The number of halogens is 3. The first kappa shape index (κ1) is 24.0. The van der Waals surface area contributed by atoms with Crippen LogP contribution in [0.2, 0.25) is 0 Å². The molecular formula is C24H30F3N3O2. The van der Waals surface area contributed by atoms with E-state index in [1.807, 2.05) is 32.9 Å². The average Bonchev–Trinajstić information content (AvgIpc) is 3.20. The Bertz CT molecular complexity index is 976. The molecule has 0 atom stereocenters. The minimum Gasteiger partial charge on any atom is -0.438 e. The van der Waals surface area contributed by atoms with Gasteiger partial charge in [0.2, 0.25) is 5.88 Å². The Morgan fingerprint density at radius 1 is 1.06 bits per heavy atom. The highest BCUT2D eigenvalue weighted by Crippen LogP contribution is 2.36. The summed E-state index contributed by atoms with van der Waals surface area (Å²) in [6.07, 6.45) is -2.93. The predicted molar refractivity (Wildman–Crippen MR) is 119 cm³/mol. The van der Waals surface area contributed by atoms with E-state index in [1.54, 1.807) is 13.8 Å². The molecule has 174 valence electrons. The second-order valence-electron chi connectivity index (χ2n) is 8.55. The molecule has 1 aromatic carbocycles. The fraction of sp³-hybridized carbons (Fsp3) is 0.500. The van der Waals surface area contributed by atoms with E-state index in [-0.39, 0.29) is 18.1 Å². The molecule has 1 aliphatic heterocycles. The van der Waals surface area contributed by atoms with Crippen molar-refractivity contribution < 1.29 is 22.7 Å². The summed E-state index contributed by atoms with van der Waals surface area (Å²) in [6, 6.07) is 5.47. The molecular weight excluding hydrogens is 419 g/mol. The molecule has 1 amide bonds. The Hall–Kier alpha value is -2.61. The quantitative estimate of drug-likeness (QED) is 0.592. The van der Waals surface area contributed by atoms with Gasteiger partial charge in [0.25, 0.3) is 0 Å². The van der Waals surface area contributed by atoms with Crippen LogP contribution in [0.3, 0.4) is 0 Å². The first-order valence-electron chi connectivity index (χ1n) is 10.8. The molecule has 5 nitrogen and oxygen atoms in total. The third-order valence-electron chi connectivity index (χ3n) is 5.75. The Labute approximate surface area is 187 Å². The number of aryl methyl sites for hydroxylation is 4. The number of amides is 1. The van der Waals surface area contributed by atoms with E-state index in [2.05, 4.69) is 9.88 Å². The maximum atomic E-state index is 13.5. The fourth-order valence-corrected chi connectivity index (χ4v) is 4.23. The smallest absolute Gasteiger partial charge is 0.438 e. The van der Waals surface area contributed by atoms with Gasteiger partial charge in [-0.05, 0) is 77.7 Å². The monoisotopic (exact) mass is 449 g/mol. The Kier molecular flexibility index (Phi) is 7.12. The van der Waals surface area contributed by atoms with Gasteiger partial charge in [0.05, 0.1) is 5.69 Å². The molecule has 0 radical (unpaired) electrons. The molecule has 2 aromatic rings. The van der Waals surface area contributed by atoms with Gasteiger partial charge in [0, 0.05) is 24.3 Å². The summed E-state index contributed by atoms with van der Waals surface area (Å²) in [4.78, 5) is 19.7. The maximum absolute atomic E-state index is 13.5. The molecule has 32 heavy (non-hydrogen) atoms. The third-order valence-corrected chi connectivity index (χ3v) is 5.75. The number of pyridine rings is 1. The summed E-state index contributed by atoms with van der Waals surface area (Å²) in [6.45, 7) is 11.1. The zero-order chi connectivity index (χ0) is 23.6. The number of benzene rings is 1. The normalized spacial score (nSPS) is 14.6. The summed E-state index contributed by atoms with van der Waals surface area (Å²) in [5.74, 6) is -1.05. The molecule has 1 fully saturated rings. The average molecular weight is 450 g/mol. The van der Waals surface area contributed by atoms with Crippen molar-refractivity contribution in [3.05, 3.63) is 46.1 Å².